The molecule has 0 bridgehead atoms. The summed E-state index contributed by atoms with van der Waals surface area (Å²) in [6, 6.07) is 8.83. The molecule has 0 saturated heterocycles. The highest BCUT2D eigenvalue weighted by molar-refractivity contribution is 9.10. The van der Waals surface area contributed by atoms with Gasteiger partial charge in [0, 0.05) is 5.69 Å². The number of amides is 1. The van der Waals surface area contributed by atoms with Crippen molar-refractivity contribution in [2.24, 2.45) is 0 Å². The highest BCUT2D eigenvalue weighted by Crippen LogP contribution is 2.37. The molecule has 2 rings (SSSR count). The molecule has 0 fully saturated rings. The van der Waals surface area contributed by atoms with Crippen LogP contribution in [0, 0.1) is 13.8 Å². The second-order valence-corrected chi connectivity index (χ2v) is 7.08. The van der Waals surface area contributed by atoms with Crippen molar-refractivity contribution in [2.45, 2.75) is 27.2 Å². The third-order valence-corrected chi connectivity index (χ3v) is 4.58. The van der Waals surface area contributed by atoms with E-state index in [1.807, 2.05) is 39.0 Å². The Morgan fingerprint density at radius 1 is 1.14 bits per heavy atom. The van der Waals surface area contributed by atoms with Crippen molar-refractivity contribution in [1.29, 1.82) is 0 Å². The van der Waals surface area contributed by atoms with Gasteiger partial charge in [-0.2, -0.15) is 0 Å². The van der Waals surface area contributed by atoms with Crippen LogP contribution in [0.15, 0.2) is 34.8 Å². The van der Waals surface area contributed by atoms with Crippen molar-refractivity contribution in [3.8, 4) is 11.5 Å². The third-order valence-electron chi connectivity index (χ3n) is 4.00. The molecule has 0 saturated carbocycles. The topological polar surface area (TPSA) is 73.9 Å². The van der Waals surface area contributed by atoms with Crippen molar-refractivity contribution in [3.63, 3.8) is 0 Å². The highest BCUT2D eigenvalue weighted by Gasteiger charge is 2.18. The summed E-state index contributed by atoms with van der Waals surface area (Å²) in [6.07, 6.45) is 0.842. The Bertz CT molecular complexity index is 846. The minimum absolute atomic E-state index is 0.257. The molecule has 28 heavy (non-hydrogen) atoms. The van der Waals surface area contributed by atoms with Crippen LogP contribution in [0.5, 0.6) is 11.5 Å². The molecule has 0 aliphatic heterocycles. The Morgan fingerprint density at radius 3 is 2.43 bits per heavy atom. The molecule has 0 aliphatic rings. The van der Waals surface area contributed by atoms with Crippen molar-refractivity contribution in [1.82, 2.24) is 0 Å². The predicted octanol–water partition coefficient (Wildman–Crippen LogP) is 4.66. The number of nitrogens with one attached hydrogen (secondary N) is 1. The molecule has 0 heterocycles. The molecule has 0 spiro atoms. The molecule has 2 aromatic carbocycles. The summed E-state index contributed by atoms with van der Waals surface area (Å²) in [5.74, 6) is -0.0965. The predicted molar refractivity (Wildman–Crippen MR) is 111 cm³/mol. The number of hydrogen-bond acceptors (Lipinski definition) is 5. The van der Waals surface area contributed by atoms with Gasteiger partial charge < -0.3 is 19.5 Å². The summed E-state index contributed by atoms with van der Waals surface area (Å²) >= 11 is 3.39. The molecule has 0 unspecified atom stereocenters. The first-order chi connectivity index (χ1) is 13.4. The smallest absolute Gasteiger partial charge is 0.338 e. The maximum atomic E-state index is 12.4. The van der Waals surface area contributed by atoms with Crippen LogP contribution in [0.2, 0.25) is 0 Å². The van der Waals surface area contributed by atoms with Crippen molar-refractivity contribution < 1.29 is 23.8 Å². The molecule has 150 valence electrons. The molecular weight excluding hydrogens is 426 g/mol. The Labute approximate surface area is 173 Å². The minimum Gasteiger partial charge on any atom is -0.493 e. The number of carbonyl (C=O) groups excluding carboxylic acids is 2. The van der Waals surface area contributed by atoms with E-state index in [0.29, 0.717) is 22.6 Å². The summed E-state index contributed by atoms with van der Waals surface area (Å²) in [5, 5.41) is 2.78. The normalized spacial score (nSPS) is 10.3. The zero-order valence-corrected chi connectivity index (χ0v) is 18.0. The molecule has 0 aliphatic carbocycles. The first-order valence-corrected chi connectivity index (χ1v) is 9.70. The van der Waals surface area contributed by atoms with Crippen molar-refractivity contribution in [3.05, 3.63) is 51.5 Å². The van der Waals surface area contributed by atoms with E-state index in [1.165, 1.54) is 13.2 Å². The van der Waals surface area contributed by atoms with Crippen LogP contribution in [-0.4, -0.2) is 32.2 Å². The van der Waals surface area contributed by atoms with Crippen LogP contribution in [-0.2, 0) is 9.53 Å². The molecule has 0 radical (unpaired) electrons. The number of aryl methyl sites for hydroxylation is 2. The lowest BCUT2D eigenvalue weighted by Gasteiger charge is -2.14. The summed E-state index contributed by atoms with van der Waals surface area (Å²) in [4.78, 5) is 24.5. The van der Waals surface area contributed by atoms with Gasteiger partial charge in [0.05, 0.1) is 23.8 Å². The van der Waals surface area contributed by atoms with Crippen molar-refractivity contribution in [2.75, 3.05) is 25.6 Å². The molecule has 1 amide bonds. The van der Waals surface area contributed by atoms with Crippen LogP contribution < -0.4 is 14.8 Å². The molecule has 1 N–H and O–H groups in total. The Morgan fingerprint density at radius 2 is 1.82 bits per heavy atom. The standard InChI is InChI=1S/C21H24BrNO5/c1-5-9-27-20-16(22)10-15(11-17(20)26-4)21(25)28-12-18(24)23-19-13(2)7-6-8-14(19)3/h6-8,10-11H,5,9,12H2,1-4H3,(H,23,24). The Kier molecular flexibility index (Phi) is 7.87. The summed E-state index contributed by atoms with van der Waals surface area (Å²) in [7, 11) is 1.49. The number of carbonyl (C=O) groups is 2. The van der Waals surface area contributed by atoms with Crippen LogP contribution in [0.25, 0.3) is 0 Å². The fourth-order valence-corrected chi connectivity index (χ4v) is 3.14. The minimum atomic E-state index is -0.627. The van der Waals surface area contributed by atoms with E-state index in [2.05, 4.69) is 21.2 Å². The van der Waals surface area contributed by atoms with E-state index in [1.54, 1.807) is 6.07 Å². The first-order valence-electron chi connectivity index (χ1n) is 8.90. The Balaban J connectivity index is 2.04. The van der Waals surface area contributed by atoms with Crippen molar-refractivity contribution >= 4 is 33.5 Å². The van der Waals surface area contributed by atoms with E-state index >= 15 is 0 Å². The van der Waals surface area contributed by atoms with Gasteiger partial charge in [-0.15, -0.1) is 0 Å². The second-order valence-electron chi connectivity index (χ2n) is 6.23. The van der Waals surface area contributed by atoms with Gasteiger partial charge in [0.1, 0.15) is 0 Å². The van der Waals surface area contributed by atoms with Gasteiger partial charge in [-0.25, -0.2) is 4.79 Å². The molecule has 7 heteroatoms. The molecular formula is C21H24BrNO5. The maximum Gasteiger partial charge on any atom is 0.338 e. The highest BCUT2D eigenvalue weighted by atomic mass is 79.9. The van der Waals surface area contributed by atoms with Gasteiger partial charge in [-0.1, -0.05) is 25.1 Å². The van der Waals surface area contributed by atoms with Gasteiger partial charge in [0.15, 0.2) is 18.1 Å². The lowest BCUT2D eigenvalue weighted by molar-refractivity contribution is -0.119. The summed E-state index contributed by atoms with van der Waals surface area (Å²) in [6.45, 7) is 5.94. The van der Waals surface area contributed by atoms with E-state index < -0.39 is 11.9 Å². The third kappa shape index (κ3) is 5.48. The second kappa shape index (κ2) is 10.1. The van der Waals surface area contributed by atoms with Gasteiger partial charge in [-0.3, -0.25) is 4.79 Å². The zero-order valence-electron chi connectivity index (χ0n) is 16.4. The number of halogens is 1. The number of esters is 1. The number of hydrogen-bond donors (Lipinski definition) is 1. The van der Waals surface area contributed by atoms with Gasteiger partial charge in [0.2, 0.25) is 0 Å². The average Bonchev–Trinajstić information content (AvgIpc) is 2.67. The van der Waals surface area contributed by atoms with E-state index in [4.69, 9.17) is 14.2 Å². The largest absolute Gasteiger partial charge is 0.493 e. The SMILES string of the molecule is CCCOc1c(Br)cc(C(=O)OCC(=O)Nc2c(C)cccc2C)cc1OC. The first kappa shape index (κ1) is 21.8. The molecule has 2 aromatic rings. The summed E-state index contributed by atoms with van der Waals surface area (Å²) < 4.78 is 16.7. The van der Waals surface area contributed by atoms with E-state index in [9.17, 15) is 9.59 Å². The van der Waals surface area contributed by atoms with Crippen LogP contribution in [0.4, 0.5) is 5.69 Å². The quantitative estimate of drug-likeness (QED) is 0.593. The van der Waals surface area contributed by atoms with E-state index in [-0.39, 0.29) is 12.2 Å². The average molecular weight is 450 g/mol. The van der Waals surface area contributed by atoms with Gasteiger partial charge in [-0.05, 0) is 59.5 Å². The number of methoxy groups -OCH3 is 1. The zero-order chi connectivity index (χ0) is 20.7. The monoisotopic (exact) mass is 449 g/mol. The lowest BCUT2D eigenvalue weighted by Crippen LogP contribution is -2.22. The fourth-order valence-electron chi connectivity index (χ4n) is 2.58. The van der Waals surface area contributed by atoms with Crippen LogP contribution >= 0.6 is 15.9 Å². The van der Waals surface area contributed by atoms with E-state index in [0.717, 1.165) is 23.2 Å². The summed E-state index contributed by atoms with van der Waals surface area (Å²) in [5.41, 5.74) is 2.87. The molecule has 6 nitrogen and oxygen atoms in total. The van der Waals surface area contributed by atoms with Crippen LogP contribution in [0.1, 0.15) is 34.8 Å². The maximum absolute atomic E-state index is 12.4. The number of ether oxygens (including phenoxy) is 3. The lowest BCUT2D eigenvalue weighted by atomic mass is 10.1. The Hall–Kier alpha value is -2.54. The van der Waals surface area contributed by atoms with Crippen LogP contribution in [0.3, 0.4) is 0 Å². The number of anilines is 1. The fraction of sp³-hybridized carbons (Fsp3) is 0.333. The number of rotatable bonds is 8. The molecule has 0 aromatic heterocycles. The van der Waals surface area contributed by atoms with Gasteiger partial charge >= 0.3 is 5.97 Å². The number of benzene rings is 2. The molecule has 0 atom stereocenters. The van der Waals surface area contributed by atoms with Gasteiger partial charge in [0.25, 0.3) is 5.91 Å². The number of para-hydroxylation sites is 1.